The lowest BCUT2D eigenvalue weighted by molar-refractivity contribution is 0.228. The molecule has 2 rings (SSSR count). The predicted molar refractivity (Wildman–Crippen MR) is 54.7 cm³/mol. The van der Waals surface area contributed by atoms with Gasteiger partial charge in [0.2, 0.25) is 0 Å². The van der Waals surface area contributed by atoms with Crippen molar-refractivity contribution in [1.29, 1.82) is 5.40 Å². The highest BCUT2D eigenvalue weighted by atomic mass is 16.5. The first-order valence-corrected chi connectivity index (χ1v) is 4.73. The van der Waals surface area contributed by atoms with Crippen molar-refractivity contribution in [3.8, 4) is 0 Å². The molecule has 0 saturated heterocycles. The van der Waals surface area contributed by atoms with E-state index in [2.05, 4.69) is 5.40 Å². The molecular formula is C11H14N2O. The van der Waals surface area contributed by atoms with Gasteiger partial charge in [0, 0.05) is 0 Å². The van der Waals surface area contributed by atoms with Crippen LogP contribution in [0.5, 0.6) is 0 Å². The largest absolute Gasteiger partial charge is 0.290 e. The van der Waals surface area contributed by atoms with Gasteiger partial charge in [-0.15, -0.1) is 0 Å². The molecule has 1 aliphatic carbocycles. The number of nitrogens with one attached hydrogen (secondary N) is 2. The maximum atomic E-state index is 8.95. The summed E-state index contributed by atoms with van der Waals surface area (Å²) in [5.41, 5.74) is 4.12. The summed E-state index contributed by atoms with van der Waals surface area (Å²) >= 11 is 0. The van der Waals surface area contributed by atoms with E-state index >= 15 is 0 Å². The summed E-state index contributed by atoms with van der Waals surface area (Å²) in [6, 6.07) is 8.03. The number of hydroxylamine groups is 1. The van der Waals surface area contributed by atoms with Crippen LogP contribution in [0.15, 0.2) is 24.3 Å². The summed E-state index contributed by atoms with van der Waals surface area (Å²) in [5, 5.41) is 12.3. The van der Waals surface area contributed by atoms with Crippen molar-refractivity contribution < 1.29 is 6.62 Å². The fraction of sp³-hybridized carbons (Fsp3) is 0.364. The van der Waals surface area contributed by atoms with Gasteiger partial charge in [-0.05, 0) is 30.9 Å². The van der Waals surface area contributed by atoms with E-state index in [1.807, 2.05) is 36.7 Å². The van der Waals surface area contributed by atoms with E-state index in [-0.39, 0.29) is 5.41 Å². The summed E-state index contributed by atoms with van der Waals surface area (Å²) in [5.74, 6) is 0.344. The van der Waals surface area contributed by atoms with Crippen molar-refractivity contribution in [2.75, 3.05) is 0 Å². The summed E-state index contributed by atoms with van der Waals surface area (Å²) in [6.45, 7) is 2.04. The minimum atomic E-state index is -0.248. The molecule has 0 amide bonds. The van der Waals surface area contributed by atoms with Crippen molar-refractivity contribution >= 4 is 5.84 Å². The van der Waals surface area contributed by atoms with E-state index in [1.165, 1.54) is 5.56 Å². The third-order valence-corrected chi connectivity index (χ3v) is 2.97. The van der Waals surface area contributed by atoms with Gasteiger partial charge in [0.15, 0.2) is 1.41 Å². The van der Waals surface area contributed by atoms with Crippen LogP contribution in [0, 0.1) is 12.3 Å². The molecule has 0 heterocycles. The van der Waals surface area contributed by atoms with Crippen LogP contribution in [0.3, 0.4) is 0 Å². The molecular weight excluding hydrogens is 176 g/mol. The topological polar surface area (TPSA) is 56.1 Å². The zero-order valence-corrected chi connectivity index (χ0v) is 8.12. The van der Waals surface area contributed by atoms with Crippen LogP contribution >= 0.6 is 0 Å². The first-order chi connectivity index (χ1) is 7.24. The molecule has 1 aromatic carbocycles. The zero-order valence-electron chi connectivity index (χ0n) is 9.12. The van der Waals surface area contributed by atoms with Crippen LogP contribution in [-0.4, -0.2) is 11.0 Å². The molecule has 0 aromatic heterocycles. The number of amidine groups is 1. The Morgan fingerprint density at radius 1 is 1.57 bits per heavy atom. The van der Waals surface area contributed by atoms with E-state index in [0.29, 0.717) is 5.84 Å². The van der Waals surface area contributed by atoms with Crippen molar-refractivity contribution in [3.05, 3.63) is 35.4 Å². The Balaban J connectivity index is 2.43. The molecule has 1 aliphatic rings. The summed E-state index contributed by atoms with van der Waals surface area (Å²) < 4.78 is 7.04. The number of rotatable bonds is 2. The smallest absolute Gasteiger partial charge is 0.189 e. The second kappa shape index (κ2) is 3.10. The van der Waals surface area contributed by atoms with Crippen LogP contribution in [0.4, 0.5) is 0 Å². The quantitative estimate of drug-likeness (QED) is 0.379. The number of aryl methyl sites for hydroxylation is 1. The molecule has 3 nitrogen and oxygen atoms in total. The Morgan fingerprint density at radius 3 is 2.79 bits per heavy atom. The van der Waals surface area contributed by atoms with E-state index in [4.69, 9.17) is 6.62 Å². The molecule has 0 unspecified atom stereocenters. The average Bonchev–Trinajstić information content (AvgIpc) is 3.02. The lowest BCUT2D eigenvalue weighted by Crippen LogP contribution is -2.32. The minimum Gasteiger partial charge on any atom is -0.290 e. The fourth-order valence-corrected chi connectivity index (χ4v) is 1.98. The van der Waals surface area contributed by atoms with Gasteiger partial charge < -0.3 is 0 Å². The Hall–Kier alpha value is -1.35. The fourth-order valence-electron chi connectivity index (χ4n) is 1.98. The van der Waals surface area contributed by atoms with Crippen molar-refractivity contribution in [2.45, 2.75) is 25.2 Å². The molecule has 0 spiro atoms. The lowest BCUT2D eigenvalue weighted by Gasteiger charge is -2.17. The Labute approximate surface area is 84.7 Å². The second-order valence-electron chi connectivity index (χ2n) is 3.86. The first-order valence-electron chi connectivity index (χ1n) is 5.18. The number of benzene rings is 1. The molecule has 1 saturated carbocycles. The van der Waals surface area contributed by atoms with Gasteiger partial charge in [-0.3, -0.25) is 16.1 Å². The van der Waals surface area contributed by atoms with Crippen LogP contribution in [0.1, 0.15) is 24.0 Å². The molecule has 0 aliphatic heterocycles. The van der Waals surface area contributed by atoms with Gasteiger partial charge in [-0.25, -0.2) is 0 Å². The molecule has 3 N–H and O–H groups in total. The standard InChI is InChI=1S/C11H14N2O/c1-8-4-2-3-5-9(8)11(6-7-11)10(12)13-14/h2-5,14H,6-7H2,1H3,(H2,12,13). The maximum Gasteiger partial charge on any atom is 0.189 e. The third-order valence-electron chi connectivity index (χ3n) is 2.97. The monoisotopic (exact) mass is 190 g/mol. The Morgan fingerprint density at radius 2 is 2.29 bits per heavy atom. The average molecular weight is 190 g/mol. The second-order valence-corrected chi connectivity index (χ2v) is 3.86. The Bertz CT molecular complexity index is 399. The van der Waals surface area contributed by atoms with Gasteiger partial charge in [-0.1, -0.05) is 24.3 Å². The van der Waals surface area contributed by atoms with Gasteiger partial charge >= 0.3 is 0 Å². The summed E-state index contributed by atoms with van der Waals surface area (Å²) in [7, 11) is 0. The molecule has 0 atom stereocenters. The van der Waals surface area contributed by atoms with Gasteiger partial charge in [-0.2, -0.15) is 0 Å². The molecule has 3 heteroatoms. The third kappa shape index (κ3) is 1.21. The van der Waals surface area contributed by atoms with Crippen LogP contribution in [0.2, 0.25) is 1.41 Å². The van der Waals surface area contributed by atoms with E-state index in [1.54, 1.807) is 0 Å². The van der Waals surface area contributed by atoms with Gasteiger partial charge in [0.1, 0.15) is 5.84 Å². The first kappa shape index (κ1) is 8.00. The summed E-state index contributed by atoms with van der Waals surface area (Å²) in [4.78, 5) is 0. The highest BCUT2D eigenvalue weighted by molar-refractivity contribution is 5.93. The molecule has 1 aromatic rings. The van der Waals surface area contributed by atoms with Gasteiger partial charge in [0.25, 0.3) is 0 Å². The Kier molecular flexibility index (Phi) is 1.77. The summed E-state index contributed by atoms with van der Waals surface area (Å²) in [6.07, 6.45) is 1.87. The van der Waals surface area contributed by atoms with Crippen LogP contribution in [0.25, 0.3) is 0 Å². The molecule has 1 fully saturated rings. The molecule has 14 heavy (non-hydrogen) atoms. The number of hydrogen-bond acceptors (Lipinski definition) is 2. The highest BCUT2D eigenvalue weighted by Gasteiger charge is 2.49. The minimum absolute atomic E-state index is 0.248. The molecule has 74 valence electrons. The maximum absolute atomic E-state index is 8.95. The van der Waals surface area contributed by atoms with E-state index < -0.39 is 0 Å². The van der Waals surface area contributed by atoms with Gasteiger partial charge in [0.05, 0.1) is 5.41 Å². The molecule has 0 radical (unpaired) electrons. The van der Waals surface area contributed by atoms with Crippen molar-refractivity contribution in [1.82, 2.24) is 5.48 Å². The predicted octanol–water partition coefficient (Wildman–Crippen LogP) is 1.98. The van der Waals surface area contributed by atoms with Crippen molar-refractivity contribution in [3.63, 3.8) is 0 Å². The van der Waals surface area contributed by atoms with E-state index in [0.717, 1.165) is 18.4 Å². The SMILES string of the molecule is [H]/N=C(\NO)C1(c2ccccc2C)CC1. The normalized spacial score (nSPS) is 20.1. The number of hydrogen-bond donors (Lipinski definition) is 3. The highest BCUT2D eigenvalue weighted by Crippen LogP contribution is 2.49. The van der Waals surface area contributed by atoms with Crippen LogP contribution in [-0.2, 0) is 5.41 Å². The van der Waals surface area contributed by atoms with Crippen molar-refractivity contribution in [2.24, 2.45) is 0 Å². The van der Waals surface area contributed by atoms with E-state index in [9.17, 15) is 0 Å². The molecule has 0 bridgehead atoms. The zero-order chi connectivity index (χ0) is 10.9. The van der Waals surface area contributed by atoms with Crippen LogP contribution < -0.4 is 5.48 Å². The lowest BCUT2D eigenvalue weighted by atomic mass is 9.91.